The number of methoxy groups -OCH3 is 1. The summed E-state index contributed by atoms with van der Waals surface area (Å²) in [4.78, 5) is 12.9. The van der Waals surface area contributed by atoms with Crippen molar-refractivity contribution in [1.29, 1.82) is 0 Å². The third-order valence-electron chi connectivity index (χ3n) is 4.60. The van der Waals surface area contributed by atoms with Gasteiger partial charge in [0.25, 0.3) is 5.91 Å². The van der Waals surface area contributed by atoms with Gasteiger partial charge in [-0.3, -0.25) is 4.79 Å². The first-order valence-corrected chi connectivity index (χ1v) is 9.41. The van der Waals surface area contributed by atoms with E-state index in [4.69, 9.17) is 9.47 Å². The molecule has 0 unspecified atom stereocenters. The van der Waals surface area contributed by atoms with E-state index in [2.05, 4.69) is 5.32 Å². The predicted octanol–water partition coefficient (Wildman–Crippen LogP) is 5.16. The fourth-order valence-corrected chi connectivity index (χ4v) is 3.01. The maximum atomic E-state index is 12.9. The first-order chi connectivity index (χ1) is 13.7. The van der Waals surface area contributed by atoms with Crippen LogP contribution in [0.4, 0.5) is 0 Å². The molecule has 0 aliphatic heterocycles. The van der Waals surface area contributed by atoms with Gasteiger partial charge in [0.1, 0.15) is 18.1 Å². The number of carbonyl (C=O) groups is 1. The molecule has 3 rings (SSSR count). The second-order valence-electron chi connectivity index (χ2n) is 6.48. The zero-order valence-corrected chi connectivity index (χ0v) is 16.2. The molecule has 4 nitrogen and oxygen atoms in total. The Morgan fingerprint density at radius 1 is 0.929 bits per heavy atom. The Kier molecular flexibility index (Phi) is 6.68. The lowest BCUT2D eigenvalue weighted by atomic mass is 10.0. The maximum Gasteiger partial charge on any atom is 0.255 e. The summed E-state index contributed by atoms with van der Waals surface area (Å²) in [6.07, 6.45) is 0.783. The summed E-state index contributed by atoms with van der Waals surface area (Å²) in [5.41, 5.74) is 2.63. The number of amides is 1. The minimum absolute atomic E-state index is 0.0828. The van der Waals surface area contributed by atoms with Gasteiger partial charge in [-0.1, -0.05) is 61.5 Å². The molecule has 0 spiro atoms. The molecule has 1 N–H and O–H groups in total. The van der Waals surface area contributed by atoms with Crippen LogP contribution in [-0.4, -0.2) is 13.0 Å². The first-order valence-electron chi connectivity index (χ1n) is 9.41. The van der Waals surface area contributed by atoms with Crippen molar-refractivity contribution in [3.05, 3.63) is 95.6 Å². The van der Waals surface area contributed by atoms with E-state index in [1.165, 1.54) is 0 Å². The van der Waals surface area contributed by atoms with Crippen LogP contribution in [-0.2, 0) is 6.61 Å². The third-order valence-corrected chi connectivity index (χ3v) is 4.60. The van der Waals surface area contributed by atoms with Crippen LogP contribution in [0, 0.1) is 0 Å². The van der Waals surface area contributed by atoms with Crippen LogP contribution in [0.1, 0.15) is 40.9 Å². The fourth-order valence-electron chi connectivity index (χ4n) is 3.01. The Labute approximate surface area is 166 Å². The number of ether oxygens (including phenoxy) is 2. The number of carbonyl (C=O) groups excluding carboxylic acids is 1. The van der Waals surface area contributed by atoms with Crippen LogP contribution < -0.4 is 14.8 Å². The number of benzene rings is 3. The van der Waals surface area contributed by atoms with Crippen molar-refractivity contribution in [2.24, 2.45) is 0 Å². The van der Waals surface area contributed by atoms with Gasteiger partial charge >= 0.3 is 0 Å². The number of hydrogen-bond donors (Lipinski definition) is 1. The van der Waals surface area contributed by atoms with Crippen molar-refractivity contribution >= 4 is 5.91 Å². The molecule has 0 radical (unpaired) electrons. The topological polar surface area (TPSA) is 47.6 Å². The zero-order chi connectivity index (χ0) is 19.8. The van der Waals surface area contributed by atoms with Crippen LogP contribution >= 0.6 is 0 Å². The predicted molar refractivity (Wildman–Crippen MR) is 111 cm³/mol. The van der Waals surface area contributed by atoms with Gasteiger partial charge in [-0.2, -0.15) is 0 Å². The van der Waals surface area contributed by atoms with E-state index in [0.717, 1.165) is 23.3 Å². The van der Waals surface area contributed by atoms with Crippen LogP contribution in [0.15, 0.2) is 78.9 Å². The first kappa shape index (κ1) is 19.5. The summed E-state index contributed by atoms with van der Waals surface area (Å²) in [5, 5.41) is 3.12. The Bertz CT molecular complexity index is 891. The quantitative estimate of drug-likeness (QED) is 0.592. The molecule has 3 aromatic carbocycles. The van der Waals surface area contributed by atoms with E-state index >= 15 is 0 Å². The van der Waals surface area contributed by atoms with E-state index in [9.17, 15) is 4.79 Å². The number of nitrogens with one attached hydrogen (secondary N) is 1. The Hall–Kier alpha value is -3.27. The maximum absolute atomic E-state index is 12.9. The lowest BCUT2D eigenvalue weighted by molar-refractivity contribution is 0.0931. The molecule has 0 aliphatic rings. The normalized spacial score (nSPS) is 11.5. The van der Waals surface area contributed by atoms with Crippen molar-refractivity contribution in [1.82, 2.24) is 5.32 Å². The molecule has 0 aliphatic carbocycles. The van der Waals surface area contributed by atoms with Crippen molar-refractivity contribution < 1.29 is 14.3 Å². The highest BCUT2D eigenvalue weighted by atomic mass is 16.5. The lowest BCUT2D eigenvalue weighted by Crippen LogP contribution is -2.28. The van der Waals surface area contributed by atoms with E-state index in [1.54, 1.807) is 13.2 Å². The average Bonchev–Trinajstić information content (AvgIpc) is 2.77. The van der Waals surface area contributed by atoms with Gasteiger partial charge in [0.15, 0.2) is 0 Å². The van der Waals surface area contributed by atoms with Crippen LogP contribution in [0.3, 0.4) is 0 Å². The van der Waals surface area contributed by atoms with Gasteiger partial charge in [0.05, 0.1) is 18.7 Å². The molecule has 0 fully saturated rings. The van der Waals surface area contributed by atoms with Gasteiger partial charge in [-0.15, -0.1) is 0 Å². The molecule has 3 aromatic rings. The summed E-state index contributed by atoms with van der Waals surface area (Å²) in [6.45, 7) is 2.47. The summed E-state index contributed by atoms with van der Waals surface area (Å²) >= 11 is 0. The third kappa shape index (κ3) is 4.92. The van der Waals surface area contributed by atoms with Gasteiger partial charge in [0, 0.05) is 0 Å². The zero-order valence-electron chi connectivity index (χ0n) is 16.2. The highest BCUT2D eigenvalue weighted by Gasteiger charge is 2.17. The molecular formula is C24H25NO3. The van der Waals surface area contributed by atoms with Crippen LogP contribution in [0.25, 0.3) is 0 Å². The molecule has 0 saturated carbocycles. The minimum Gasteiger partial charge on any atom is -0.497 e. The highest BCUT2D eigenvalue weighted by Crippen LogP contribution is 2.23. The highest BCUT2D eigenvalue weighted by molar-refractivity contribution is 5.97. The van der Waals surface area contributed by atoms with Gasteiger partial charge in [0.2, 0.25) is 0 Å². The Balaban J connectivity index is 1.72. The molecule has 1 amide bonds. The van der Waals surface area contributed by atoms with E-state index in [-0.39, 0.29) is 11.9 Å². The molecule has 1 atom stereocenters. The number of rotatable bonds is 8. The summed E-state index contributed by atoms with van der Waals surface area (Å²) in [7, 11) is 1.64. The Morgan fingerprint density at radius 2 is 1.61 bits per heavy atom. The molecule has 144 valence electrons. The fraction of sp³-hybridized carbons (Fsp3) is 0.208. The lowest BCUT2D eigenvalue weighted by Gasteiger charge is -2.19. The Morgan fingerprint density at radius 3 is 2.29 bits per heavy atom. The van der Waals surface area contributed by atoms with Crippen molar-refractivity contribution in [2.75, 3.05) is 7.11 Å². The SMILES string of the molecule is CC[C@H](NC(=O)c1ccccc1OCc1ccccc1)c1ccc(OC)cc1. The molecule has 4 heteroatoms. The van der Waals surface area contributed by atoms with Crippen molar-refractivity contribution in [3.63, 3.8) is 0 Å². The summed E-state index contributed by atoms with van der Waals surface area (Å²) in [6, 6.07) is 24.9. The molecular weight excluding hydrogens is 350 g/mol. The smallest absolute Gasteiger partial charge is 0.255 e. The second-order valence-corrected chi connectivity index (χ2v) is 6.48. The number of hydrogen-bond acceptors (Lipinski definition) is 3. The van der Waals surface area contributed by atoms with Crippen LogP contribution in [0.2, 0.25) is 0 Å². The van der Waals surface area contributed by atoms with Gasteiger partial charge in [-0.25, -0.2) is 0 Å². The van der Waals surface area contributed by atoms with E-state index < -0.39 is 0 Å². The summed E-state index contributed by atoms with van der Waals surface area (Å²) in [5.74, 6) is 1.23. The largest absolute Gasteiger partial charge is 0.497 e. The molecule has 0 heterocycles. The molecule has 0 bridgehead atoms. The molecule has 0 aromatic heterocycles. The van der Waals surface area contributed by atoms with Crippen molar-refractivity contribution in [3.8, 4) is 11.5 Å². The van der Waals surface area contributed by atoms with Crippen LogP contribution in [0.5, 0.6) is 11.5 Å². The number of para-hydroxylation sites is 1. The van der Waals surface area contributed by atoms with E-state index in [1.807, 2.05) is 79.7 Å². The molecule has 28 heavy (non-hydrogen) atoms. The monoisotopic (exact) mass is 375 g/mol. The standard InChI is InChI=1S/C24H25NO3/c1-3-22(19-13-15-20(27-2)16-14-19)25-24(26)21-11-7-8-12-23(21)28-17-18-9-5-4-6-10-18/h4-16,22H,3,17H2,1-2H3,(H,25,26)/t22-/m0/s1. The van der Waals surface area contributed by atoms with Crippen molar-refractivity contribution in [2.45, 2.75) is 26.0 Å². The van der Waals surface area contributed by atoms with Gasteiger partial charge < -0.3 is 14.8 Å². The van der Waals surface area contributed by atoms with Gasteiger partial charge in [-0.05, 0) is 41.8 Å². The second kappa shape index (κ2) is 9.60. The minimum atomic E-state index is -0.147. The van der Waals surface area contributed by atoms with E-state index in [0.29, 0.717) is 17.9 Å². The summed E-state index contributed by atoms with van der Waals surface area (Å²) < 4.78 is 11.1. The average molecular weight is 375 g/mol. The molecule has 0 saturated heterocycles.